The minimum Gasteiger partial charge on any atom is -0.289 e. The number of hydrogen-bond donors (Lipinski definition) is 2. The molecule has 0 saturated heterocycles. The van der Waals surface area contributed by atoms with Gasteiger partial charge in [0, 0.05) is 13.2 Å². The molecular formula is C8H10N6O. The highest BCUT2D eigenvalue weighted by Gasteiger charge is 2.10. The van der Waals surface area contributed by atoms with Gasteiger partial charge < -0.3 is 0 Å². The van der Waals surface area contributed by atoms with Crippen molar-refractivity contribution >= 4 is 11.9 Å². The average Bonchev–Trinajstić information content (AvgIpc) is 2.75. The van der Waals surface area contributed by atoms with Gasteiger partial charge in [-0.3, -0.25) is 19.9 Å². The van der Waals surface area contributed by atoms with Crippen LogP contribution in [0.5, 0.6) is 0 Å². The second-order valence-electron chi connectivity index (χ2n) is 3.10. The van der Waals surface area contributed by atoms with E-state index >= 15 is 0 Å². The third-order valence-corrected chi connectivity index (χ3v) is 1.79. The molecule has 1 amide bonds. The van der Waals surface area contributed by atoms with E-state index in [1.165, 1.54) is 6.20 Å². The Morgan fingerprint density at radius 1 is 1.60 bits per heavy atom. The van der Waals surface area contributed by atoms with Crippen molar-refractivity contribution in [1.82, 2.24) is 25.0 Å². The summed E-state index contributed by atoms with van der Waals surface area (Å²) in [6, 6.07) is 0. The minimum atomic E-state index is -0.276. The fourth-order valence-electron chi connectivity index (χ4n) is 1.11. The van der Waals surface area contributed by atoms with Gasteiger partial charge in [-0.15, -0.1) is 5.10 Å². The predicted octanol–water partition coefficient (Wildman–Crippen LogP) is 0.0989. The molecule has 2 rings (SSSR count). The van der Waals surface area contributed by atoms with E-state index in [-0.39, 0.29) is 11.9 Å². The molecule has 0 aliphatic heterocycles. The molecule has 7 nitrogen and oxygen atoms in total. The topological polar surface area (TPSA) is 88.5 Å². The third-order valence-electron chi connectivity index (χ3n) is 1.79. The van der Waals surface area contributed by atoms with E-state index < -0.39 is 0 Å². The first-order valence-electron chi connectivity index (χ1n) is 4.34. The Hall–Kier alpha value is -2.18. The van der Waals surface area contributed by atoms with Gasteiger partial charge in [-0.05, 0) is 6.92 Å². The molecule has 78 valence electrons. The van der Waals surface area contributed by atoms with Crippen LogP contribution in [0.4, 0.5) is 5.95 Å². The van der Waals surface area contributed by atoms with Crippen molar-refractivity contribution in [2.75, 3.05) is 5.32 Å². The Labute approximate surface area is 85.5 Å². The lowest BCUT2D eigenvalue weighted by Gasteiger charge is -1.95. The van der Waals surface area contributed by atoms with E-state index in [0.717, 1.165) is 0 Å². The molecule has 0 fully saturated rings. The van der Waals surface area contributed by atoms with Crippen LogP contribution in [0, 0.1) is 6.92 Å². The maximum absolute atomic E-state index is 11.6. The molecule has 0 aromatic carbocycles. The smallest absolute Gasteiger partial charge is 0.261 e. The summed E-state index contributed by atoms with van der Waals surface area (Å²) in [5.41, 5.74) is 0.472. The SMILES string of the molecule is Cc1nc(NC(=O)c2cnn(C)c2)n[nH]1. The monoisotopic (exact) mass is 206 g/mol. The van der Waals surface area contributed by atoms with Gasteiger partial charge >= 0.3 is 0 Å². The van der Waals surface area contributed by atoms with Gasteiger partial charge in [-0.25, -0.2) is 0 Å². The van der Waals surface area contributed by atoms with Crippen molar-refractivity contribution in [2.45, 2.75) is 6.92 Å². The number of rotatable bonds is 2. The maximum Gasteiger partial charge on any atom is 0.261 e. The van der Waals surface area contributed by atoms with Crippen LogP contribution >= 0.6 is 0 Å². The van der Waals surface area contributed by atoms with Gasteiger partial charge in [0.2, 0.25) is 5.95 Å². The van der Waals surface area contributed by atoms with E-state index in [1.54, 1.807) is 24.9 Å². The van der Waals surface area contributed by atoms with E-state index in [2.05, 4.69) is 25.6 Å². The highest BCUT2D eigenvalue weighted by molar-refractivity contribution is 6.02. The van der Waals surface area contributed by atoms with Crippen LogP contribution in [0.1, 0.15) is 16.2 Å². The van der Waals surface area contributed by atoms with Crippen molar-refractivity contribution in [2.24, 2.45) is 7.05 Å². The minimum absolute atomic E-state index is 0.265. The molecule has 2 heterocycles. The quantitative estimate of drug-likeness (QED) is 0.729. The number of anilines is 1. The number of amides is 1. The second-order valence-corrected chi connectivity index (χ2v) is 3.10. The zero-order valence-electron chi connectivity index (χ0n) is 8.35. The standard InChI is InChI=1S/C8H10N6O/c1-5-10-8(13-12-5)11-7(15)6-3-9-14(2)4-6/h3-4H,1-2H3,(H2,10,11,12,13,15). The lowest BCUT2D eigenvalue weighted by atomic mass is 10.3. The molecule has 0 aliphatic rings. The Bertz CT molecular complexity index is 485. The Balaban J connectivity index is 2.10. The van der Waals surface area contributed by atoms with E-state index in [9.17, 15) is 4.79 Å². The van der Waals surface area contributed by atoms with Crippen LogP contribution in [0.15, 0.2) is 12.4 Å². The van der Waals surface area contributed by atoms with Gasteiger partial charge in [0.25, 0.3) is 5.91 Å². The molecule has 0 radical (unpaired) electrons. The summed E-state index contributed by atoms with van der Waals surface area (Å²) >= 11 is 0. The first-order chi connectivity index (χ1) is 7.15. The number of nitrogens with zero attached hydrogens (tertiary/aromatic N) is 4. The molecule has 15 heavy (non-hydrogen) atoms. The fraction of sp³-hybridized carbons (Fsp3) is 0.250. The summed E-state index contributed by atoms with van der Waals surface area (Å²) < 4.78 is 1.55. The van der Waals surface area contributed by atoms with Crippen molar-refractivity contribution in [3.8, 4) is 0 Å². The van der Waals surface area contributed by atoms with Crippen molar-refractivity contribution in [1.29, 1.82) is 0 Å². The molecule has 0 saturated carbocycles. The van der Waals surface area contributed by atoms with Gasteiger partial charge in [-0.1, -0.05) is 0 Å². The second kappa shape index (κ2) is 3.52. The summed E-state index contributed by atoms with van der Waals surface area (Å²) in [6.45, 7) is 1.76. The number of aromatic nitrogens is 5. The summed E-state index contributed by atoms with van der Waals surface area (Å²) in [6.07, 6.45) is 3.10. The molecule has 2 aromatic heterocycles. The van der Waals surface area contributed by atoms with E-state index in [1.807, 2.05) is 0 Å². The zero-order valence-corrected chi connectivity index (χ0v) is 8.35. The number of H-pyrrole nitrogens is 1. The number of carbonyl (C=O) groups excluding carboxylic acids is 1. The number of hydrogen-bond acceptors (Lipinski definition) is 4. The van der Waals surface area contributed by atoms with Gasteiger partial charge in [0.05, 0.1) is 11.8 Å². The first kappa shape index (κ1) is 9.38. The molecule has 0 spiro atoms. The number of aromatic amines is 1. The summed E-state index contributed by atoms with van der Waals surface area (Å²) in [5.74, 6) is 0.639. The predicted molar refractivity (Wildman–Crippen MR) is 52.3 cm³/mol. The van der Waals surface area contributed by atoms with Gasteiger partial charge in [0.1, 0.15) is 5.82 Å². The number of aryl methyl sites for hydroxylation is 2. The summed E-state index contributed by atoms with van der Waals surface area (Å²) in [5, 5.41) is 12.9. The van der Waals surface area contributed by atoms with Gasteiger partial charge in [-0.2, -0.15) is 10.1 Å². The zero-order chi connectivity index (χ0) is 10.8. The van der Waals surface area contributed by atoms with Crippen LogP contribution in [-0.2, 0) is 7.05 Å². The molecule has 0 atom stereocenters. The Morgan fingerprint density at radius 2 is 2.40 bits per heavy atom. The molecule has 7 heteroatoms. The van der Waals surface area contributed by atoms with Crippen LogP contribution in [-0.4, -0.2) is 30.9 Å². The summed E-state index contributed by atoms with van der Waals surface area (Å²) in [4.78, 5) is 15.5. The third kappa shape index (κ3) is 2.01. The molecular weight excluding hydrogens is 196 g/mol. The van der Waals surface area contributed by atoms with Crippen molar-refractivity contribution in [3.63, 3.8) is 0 Å². The highest BCUT2D eigenvalue weighted by atomic mass is 16.1. The highest BCUT2D eigenvalue weighted by Crippen LogP contribution is 2.02. The van der Waals surface area contributed by atoms with Crippen LogP contribution in [0.2, 0.25) is 0 Å². The lowest BCUT2D eigenvalue weighted by molar-refractivity contribution is 0.102. The lowest BCUT2D eigenvalue weighted by Crippen LogP contribution is -2.12. The van der Waals surface area contributed by atoms with Crippen molar-refractivity contribution in [3.05, 3.63) is 23.8 Å². The van der Waals surface area contributed by atoms with E-state index in [4.69, 9.17) is 0 Å². The van der Waals surface area contributed by atoms with Crippen molar-refractivity contribution < 1.29 is 4.79 Å². The van der Waals surface area contributed by atoms with Crippen LogP contribution in [0.3, 0.4) is 0 Å². The summed E-state index contributed by atoms with van der Waals surface area (Å²) in [7, 11) is 1.74. The fourth-order valence-corrected chi connectivity index (χ4v) is 1.11. The number of carbonyl (C=O) groups is 1. The normalized spacial score (nSPS) is 10.3. The number of nitrogens with one attached hydrogen (secondary N) is 2. The molecule has 2 N–H and O–H groups in total. The van der Waals surface area contributed by atoms with Crippen LogP contribution in [0.25, 0.3) is 0 Å². The first-order valence-corrected chi connectivity index (χ1v) is 4.34. The molecule has 0 aliphatic carbocycles. The largest absolute Gasteiger partial charge is 0.289 e. The molecule has 2 aromatic rings. The Kier molecular flexibility index (Phi) is 2.20. The van der Waals surface area contributed by atoms with Gasteiger partial charge in [0.15, 0.2) is 0 Å². The maximum atomic E-state index is 11.6. The Morgan fingerprint density at radius 3 is 2.93 bits per heavy atom. The molecule has 0 bridgehead atoms. The average molecular weight is 206 g/mol. The molecule has 0 unspecified atom stereocenters. The van der Waals surface area contributed by atoms with E-state index in [0.29, 0.717) is 11.4 Å². The van der Waals surface area contributed by atoms with Crippen LogP contribution < -0.4 is 5.32 Å².